The average Bonchev–Trinajstić information content (AvgIpc) is 3.48. The molecule has 3 heterocycles. The van der Waals surface area contributed by atoms with Crippen molar-refractivity contribution in [3.63, 3.8) is 0 Å². The molecule has 2 aliphatic heterocycles. The SMILES string of the molecule is O=C1C2Cc3c([nH]c4ccccc34)C(c3ccc([NH+]([O-])O)cc3)N2C(=O)CN1C1CCCC1. The lowest BCUT2D eigenvalue weighted by Gasteiger charge is -2.48. The van der Waals surface area contributed by atoms with E-state index in [0.717, 1.165) is 53.4 Å². The first-order chi connectivity index (χ1) is 16.0. The van der Waals surface area contributed by atoms with Gasteiger partial charge in [-0.2, -0.15) is 5.23 Å². The van der Waals surface area contributed by atoms with E-state index in [2.05, 4.69) is 11.1 Å². The normalized spacial score (nSPS) is 24.3. The average molecular weight is 447 g/mol. The van der Waals surface area contributed by atoms with Crippen molar-refractivity contribution in [1.29, 1.82) is 0 Å². The van der Waals surface area contributed by atoms with E-state index in [-0.39, 0.29) is 30.1 Å². The van der Waals surface area contributed by atoms with Crippen LogP contribution < -0.4 is 5.23 Å². The van der Waals surface area contributed by atoms with Crippen molar-refractivity contribution in [3.8, 4) is 0 Å². The lowest BCUT2D eigenvalue weighted by Crippen LogP contribution is -2.99. The van der Waals surface area contributed by atoms with Gasteiger partial charge in [0.15, 0.2) is 5.69 Å². The molecule has 1 saturated heterocycles. The van der Waals surface area contributed by atoms with Crippen molar-refractivity contribution in [2.24, 2.45) is 0 Å². The molecule has 3 atom stereocenters. The molecule has 0 radical (unpaired) electrons. The quantitative estimate of drug-likeness (QED) is 0.537. The number of rotatable bonds is 3. The molecule has 2 fully saturated rings. The number of para-hydroxylation sites is 1. The predicted molar refractivity (Wildman–Crippen MR) is 121 cm³/mol. The summed E-state index contributed by atoms with van der Waals surface area (Å²) >= 11 is 0. The number of nitrogens with one attached hydrogen (secondary N) is 2. The molecule has 33 heavy (non-hydrogen) atoms. The fraction of sp³-hybridized carbons (Fsp3) is 0.360. The maximum atomic E-state index is 13.7. The molecule has 6 rings (SSSR count). The summed E-state index contributed by atoms with van der Waals surface area (Å²) in [5, 5.41) is 20.8. The Hall–Kier alpha value is -3.20. The molecular formula is C25H26N4O4. The molecule has 3 aliphatic rings. The van der Waals surface area contributed by atoms with Crippen LogP contribution in [-0.4, -0.2) is 50.4 Å². The van der Waals surface area contributed by atoms with Gasteiger partial charge in [0.05, 0.1) is 6.04 Å². The number of piperazine rings is 1. The Kier molecular flexibility index (Phi) is 4.76. The molecule has 2 amide bonds. The molecular weight excluding hydrogens is 420 g/mol. The summed E-state index contributed by atoms with van der Waals surface area (Å²) in [5.74, 6) is -0.0206. The number of quaternary nitrogens is 1. The summed E-state index contributed by atoms with van der Waals surface area (Å²) in [5.41, 5.74) is 3.94. The molecule has 3 unspecified atom stereocenters. The van der Waals surface area contributed by atoms with Crippen molar-refractivity contribution in [3.05, 3.63) is 70.6 Å². The second-order valence-electron chi connectivity index (χ2n) is 9.32. The number of H-pyrrole nitrogens is 1. The van der Waals surface area contributed by atoms with Gasteiger partial charge in [-0.1, -0.05) is 43.2 Å². The second-order valence-corrected chi connectivity index (χ2v) is 9.32. The summed E-state index contributed by atoms with van der Waals surface area (Å²) in [7, 11) is 0. The lowest BCUT2D eigenvalue weighted by atomic mass is 9.86. The highest BCUT2D eigenvalue weighted by Gasteiger charge is 2.49. The van der Waals surface area contributed by atoms with Gasteiger partial charge in [0.1, 0.15) is 12.6 Å². The zero-order valence-electron chi connectivity index (χ0n) is 18.2. The third kappa shape index (κ3) is 3.17. The molecule has 8 heteroatoms. The fourth-order valence-electron chi connectivity index (χ4n) is 5.97. The minimum absolute atomic E-state index is 0.0320. The highest BCUT2D eigenvalue weighted by Crippen LogP contribution is 2.43. The first-order valence-electron chi connectivity index (χ1n) is 11.6. The third-order valence-electron chi connectivity index (χ3n) is 7.53. The van der Waals surface area contributed by atoms with Crippen LogP contribution in [0.25, 0.3) is 10.9 Å². The topological polar surface area (TPSA) is 104 Å². The van der Waals surface area contributed by atoms with Gasteiger partial charge >= 0.3 is 0 Å². The van der Waals surface area contributed by atoms with E-state index in [4.69, 9.17) is 0 Å². The maximum Gasteiger partial charge on any atom is 0.246 e. The van der Waals surface area contributed by atoms with Crippen LogP contribution in [0.3, 0.4) is 0 Å². The Bertz CT molecular complexity index is 1230. The van der Waals surface area contributed by atoms with E-state index in [1.807, 2.05) is 23.1 Å². The lowest BCUT2D eigenvalue weighted by molar-refractivity contribution is -0.991. The summed E-state index contributed by atoms with van der Waals surface area (Å²) in [6.45, 7) is 0.110. The van der Waals surface area contributed by atoms with Gasteiger partial charge in [-0.05, 0) is 30.0 Å². The van der Waals surface area contributed by atoms with Gasteiger partial charge in [-0.25, -0.2) is 5.21 Å². The van der Waals surface area contributed by atoms with Crippen LogP contribution in [0.5, 0.6) is 0 Å². The van der Waals surface area contributed by atoms with Crippen LogP contribution in [0.1, 0.15) is 48.5 Å². The number of carbonyl (C=O) groups excluding carboxylic acids is 2. The van der Waals surface area contributed by atoms with Crippen LogP contribution in [0.15, 0.2) is 48.5 Å². The first-order valence-corrected chi connectivity index (χ1v) is 11.6. The monoisotopic (exact) mass is 446 g/mol. The smallest absolute Gasteiger partial charge is 0.246 e. The van der Waals surface area contributed by atoms with Gasteiger partial charge in [0, 0.05) is 41.2 Å². The fourth-order valence-corrected chi connectivity index (χ4v) is 5.97. The number of hydrogen-bond acceptors (Lipinski definition) is 4. The van der Waals surface area contributed by atoms with Gasteiger partial charge < -0.3 is 20.0 Å². The van der Waals surface area contributed by atoms with E-state index in [1.165, 1.54) is 0 Å². The Balaban J connectivity index is 1.49. The van der Waals surface area contributed by atoms with Gasteiger partial charge in [-0.3, -0.25) is 9.59 Å². The molecule has 1 aliphatic carbocycles. The third-order valence-corrected chi connectivity index (χ3v) is 7.53. The summed E-state index contributed by atoms with van der Waals surface area (Å²) in [4.78, 5) is 34.3. The van der Waals surface area contributed by atoms with Crippen molar-refractivity contribution < 1.29 is 20.0 Å². The maximum absolute atomic E-state index is 13.7. The molecule has 0 spiro atoms. The van der Waals surface area contributed by atoms with Crippen molar-refractivity contribution >= 4 is 28.4 Å². The molecule has 170 valence electrons. The molecule has 3 aromatic rings. The largest absolute Gasteiger partial charge is 0.595 e. The highest BCUT2D eigenvalue weighted by atomic mass is 16.8. The number of aromatic amines is 1. The summed E-state index contributed by atoms with van der Waals surface area (Å²) in [6.07, 6.45) is 4.61. The number of aromatic nitrogens is 1. The molecule has 3 N–H and O–H groups in total. The Morgan fingerprint density at radius 1 is 1.03 bits per heavy atom. The summed E-state index contributed by atoms with van der Waals surface area (Å²) < 4.78 is 0. The number of carbonyl (C=O) groups is 2. The van der Waals surface area contributed by atoms with Gasteiger partial charge in [0.25, 0.3) is 0 Å². The molecule has 8 nitrogen and oxygen atoms in total. The Labute approximate surface area is 190 Å². The zero-order valence-corrected chi connectivity index (χ0v) is 18.2. The highest BCUT2D eigenvalue weighted by molar-refractivity contribution is 5.97. The molecule has 2 aromatic carbocycles. The van der Waals surface area contributed by atoms with Gasteiger partial charge in [0.2, 0.25) is 11.8 Å². The number of amides is 2. The predicted octanol–water partition coefficient (Wildman–Crippen LogP) is 2.20. The molecule has 1 aromatic heterocycles. The second kappa shape index (κ2) is 7.69. The van der Waals surface area contributed by atoms with Crippen LogP contribution in [0.4, 0.5) is 5.69 Å². The molecule has 0 bridgehead atoms. The zero-order chi connectivity index (χ0) is 22.7. The standard InChI is InChI=1S/C25H26N4O4/c30-22-14-27(16-5-1-2-6-16)25(31)21-13-19-18-7-3-4-8-20(18)26-23(19)24(28(21)22)15-9-11-17(12-10-15)29(32)33/h3-4,7-12,16,21,24,26,29,32H,1-2,5-6,13-14H2. The van der Waals surface area contributed by atoms with Gasteiger partial charge in [-0.15, -0.1) is 0 Å². The van der Waals surface area contributed by atoms with E-state index in [9.17, 15) is 20.0 Å². The minimum Gasteiger partial charge on any atom is -0.595 e. The van der Waals surface area contributed by atoms with E-state index in [1.54, 1.807) is 29.2 Å². The minimum atomic E-state index is -0.995. The Morgan fingerprint density at radius 3 is 2.48 bits per heavy atom. The van der Waals surface area contributed by atoms with Crippen molar-refractivity contribution in [2.75, 3.05) is 6.54 Å². The van der Waals surface area contributed by atoms with Crippen LogP contribution >= 0.6 is 0 Å². The number of fused-ring (bicyclic) bond motifs is 4. The van der Waals surface area contributed by atoms with Crippen LogP contribution in [0, 0.1) is 5.21 Å². The summed E-state index contributed by atoms with van der Waals surface area (Å²) in [6, 6.07) is 13.8. The number of hydrogen-bond donors (Lipinski definition) is 3. The van der Waals surface area contributed by atoms with E-state index >= 15 is 0 Å². The van der Waals surface area contributed by atoms with E-state index in [0.29, 0.717) is 6.42 Å². The van der Waals surface area contributed by atoms with E-state index < -0.39 is 17.3 Å². The molecule has 1 saturated carbocycles. The van der Waals surface area contributed by atoms with Crippen molar-refractivity contribution in [1.82, 2.24) is 14.8 Å². The Morgan fingerprint density at radius 2 is 1.76 bits per heavy atom. The van der Waals surface area contributed by atoms with Crippen LogP contribution in [0.2, 0.25) is 0 Å². The number of benzene rings is 2. The van der Waals surface area contributed by atoms with Crippen LogP contribution in [-0.2, 0) is 16.0 Å². The number of nitrogens with zero attached hydrogens (tertiary/aromatic N) is 2. The van der Waals surface area contributed by atoms with Crippen molar-refractivity contribution in [2.45, 2.75) is 50.2 Å². The first kappa shape index (κ1) is 20.4.